The largest absolute Gasteiger partial charge is 0.326 e. The lowest BCUT2D eigenvalue weighted by atomic mass is 10.0. The van der Waals surface area contributed by atoms with Gasteiger partial charge in [-0.2, -0.15) is 0 Å². The Morgan fingerprint density at radius 2 is 2.18 bits per heavy atom. The monoisotopic (exact) mass is 224 g/mol. The summed E-state index contributed by atoms with van der Waals surface area (Å²) in [6.07, 6.45) is 2.26. The first-order chi connectivity index (χ1) is 8.24. The van der Waals surface area contributed by atoms with E-state index in [9.17, 15) is 4.79 Å². The molecule has 1 aliphatic rings. The zero-order chi connectivity index (χ0) is 11.8. The van der Waals surface area contributed by atoms with E-state index in [1.54, 1.807) is 6.20 Å². The number of hydrogen-bond acceptors (Lipinski definition) is 2. The summed E-state index contributed by atoms with van der Waals surface area (Å²) < 4.78 is 0. The van der Waals surface area contributed by atoms with Gasteiger partial charge in [-0.1, -0.05) is 12.1 Å². The van der Waals surface area contributed by atoms with Gasteiger partial charge >= 0.3 is 0 Å². The highest BCUT2D eigenvalue weighted by molar-refractivity contribution is 5.99. The molecule has 17 heavy (non-hydrogen) atoms. The van der Waals surface area contributed by atoms with Crippen LogP contribution in [0.15, 0.2) is 36.5 Å². The Kier molecular flexibility index (Phi) is 2.18. The van der Waals surface area contributed by atoms with E-state index in [0.717, 1.165) is 28.1 Å². The van der Waals surface area contributed by atoms with Crippen LogP contribution < -0.4 is 5.32 Å². The van der Waals surface area contributed by atoms with Crippen molar-refractivity contribution in [2.24, 2.45) is 0 Å². The summed E-state index contributed by atoms with van der Waals surface area (Å²) in [5.41, 5.74) is 5.24. The van der Waals surface area contributed by atoms with Crippen molar-refractivity contribution in [1.29, 1.82) is 0 Å². The zero-order valence-electron chi connectivity index (χ0n) is 9.53. The molecule has 0 aliphatic carbocycles. The van der Waals surface area contributed by atoms with Gasteiger partial charge in [0.15, 0.2) is 0 Å². The van der Waals surface area contributed by atoms with Gasteiger partial charge in [0.05, 0.1) is 6.42 Å². The number of fused-ring (bicyclic) bond motifs is 1. The van der Waals surface area contributed by atoms with Gasteiger partial charge < -0.3 is 5.32 Å². The molecule has 1 amide bonds. The number of amides is 1. The van der Waals surface area contributed by atoms with Crippen LogP contribution in [0, 0.1) is 6.92 Å². The lowest BCUT2D eigenvalue weighted by Crippen LogP contribution is -2.03. The number of carbonyl (C=O) groups is 1. The topological polar surface area (TPSA) is 42.0 Å². The minimum Gasteiger partial charge on any atom is -0.326 e. The van der Waals surface area contributed by atoms with Crippen LogP contribution >= 0.6 is 0 Å². The third-order valence-corrected chi connectivity index (χ3v) is 3.05. The van der Waals surface area contributed by atoms with E-state index >= 15 is 0 Å². The SMILES string of the molecule is Cc1ncccc1-c1ccc2c(c1)CC(=O)N2. The second-order valence-electron chi connectivity index (χ2n) is 4.23. The molecule has 0 bridgehead atoms. The Hall–Kier alpha value is -2.16. The predicted octanol–water partition coefficient (Wildman–Crippen LogP) is 2.55. The fourth-order valence-corrected chi connectivity index (χ4v) is 2.19. The second-order valence-corrected chi connectivity index (χ2v) is 4.23. The quantitative estimate of drug-likeness (QED) is 0.808. The standard InChI is InChI=1S/C14H12N2O/c1-9-12(3-2-6-15-9)10-4-5-13-11(7-10)8-14(17)16-13/h2-7H,8H2,1H3,(H,16,17). The van der Waals surface area contributed by atoms with Crippen molar-refractivity contribution in [3.8, 4) is 11.1 Å². The molecule has 0 unspecified atom stereocenters. The molecule has 1 aromatic heterocycles. The van der Waals surface area contributed by atoms with Crippen molar-refractivity contribution >= 4 is 11.6 Å². The van der Waals surface area contributed by atoms with Crippen LogP contribution in [0.3, 0.4) is 0 Å². The third-order valence-electron chi connectivity index (χ3n) is 3.05. The molecule has 84 valence electrons. The van der Waals surface area contributed by atoms with Gasteiger partial charge in [0.1, 0.15) is 0 Å². The Morgan fingerprint density at radius 1 is 1.29 bits per heavy atom. The molecular formula is C14H12N2O. The number of nitrogens with zero attached hydrogens (tertiary/aromatic N) is 1. The van der Waals surface area contributed by atoms with Crippen molar-refractivity contribution in [2.45, 2.75) is 13.3 Å². The Bertz CT molecular complexity index is 605. The molecule has 2 aromatic rings. The summed E-state index contributed by atoms with van der Waals surface area (Å²) >= 11 is 0. The summed E-state index contributed by atoms with van der Waals surface area (Å²) in [4.78, 5) is 15.6. The summed E-state index contributed by atoms with van der Waals surface area (Å²) in [5.74, 6) is 0.0695. The van der Waals surface area contributed by atoms with Crippen LogP contribution in [0.25, 0.3) is 11.1 Å². The molecule has 1 aromatic carbocycles. The van der Waals surface area contributed by atoms with E-state index in [2.05, 4.69) is 16.4 Å². The van der Waals surface area contributed by atoms with E-state index in [1.165, 1.54) is 0 Å². The van der Waals surface area contributed by atoms with E-state index in [0.29, 0.717) is 6.42 Å². The Morgan fingerprint density at radius 3 is 3.00 bits per heavy atom. The van der Waals surface area contributed by atoms with E-state index in [4.69, 9.17) is 0 Å². The number of nitrogens with one attached hydrogen (secondary N) is 1. The van der Waals surface area contributed by atoms with E-state index in [-0.39, 0.29) is 5.91 Å². The van der Waals surface area contributed by atoms with Crippen LogP contribution in [0.4, 0.5) is 5.69 Å². The van der Waals surface area contributed by atoms with Crippen LogP contribution in [-0.2, 0) is 11.2 Å². The molecule has 0 spiro atoms. The molecular weight excluding hydrogens is 212 g/mol. The first-order valence-corrected chi connectivity index (χ1v) is 5.59. The zero-order valence-corrected chi connectivity index (χ0v) is 9.53. The first-order valence-electron chi connectivity index (χ1n) is 5.59. The maximum Gasteiger partial charge on any atom is 0.228 e. The normalized spacial score (nSPS) is 13.4. The molecule has 3 nitrogen and oxygen atoms in total. The predicted molar refractivity (Wildman–Crippen MR) is 66.7 cm³/mol. The number of benzene rings is 1. The van der Waals surface area contributed by atoms with Gasteiger partial charge in [0.25, 0.3) is 0 Å². The lowest BCUT2D eigenvalue weighted by molar-refractivity contribution is -0.115. The molecule has 0 saturated heterocycles. The van der Waals surface area contributed by atoms with E-state index in [1.807, 2.05) is 31.2 Å². The average Bonchev–Trinajstić information content (AvgIpc) is 2.68. The highest BCUT2D eigenvalue weighted by atomic mass is 16.1. The lowest BCUT2D eigenvalue weighted by Gasteiger charge is -2.06. The second kappa shape index (κ2) is 3.70. The van der Waals surface area contributed by atoms with Crippen molar-refractivity contribution < 1.29 is 4.79 Å². The highest BCUT2D eigenvalue weighted by Gasteiger charge is 2.17. The minimum absolute atomic E-state index is 0.0695. The number of rotatable bonds is 1. The Labute approximate surface area is 99.5 Å². The van der Waals surface area contributed by atoms with Crippen LogP contribution in [0.5, 0.6) is 0 Å². The first kappa shape index (κ1) is 10.0. The van der Waals surface area contributed by atoms with E-state index < -0.39 is 0 Å². The fraction of sp³-hybridized carbons (Fsp3) is 0.143. The molecule has 1 aliphatic heterocycles. The number of hydrogen-bond donors (Lipinski definition) is 1. The molecule has 0 atom stereocenters. The smallest absolute Gasteiger partial charge is 0.228 e. The Balaban J connectivity index is 2.09. The maximum absolute atomic E-state index is 11.3. The molecule has 0 radical (unpaired) electrons. The molecule has 1 N–H and O–H groups in total. The van der Waals surface area contributed by atoms with Crippen molar-refractivity contribution in [2.75, 3.05) is 5.32 Å². The molecule has 3 rings (SSSR count). The summed E-state index contributed by atoms with van der Waals surface area (Å²) in [5, 5.41) is 2.84. The summed E-state index contributed by atoms with van der Waals surface area (Å²) in [6, 6.07) is 10.0. The van der Waals surface area contributed by atoms with Crippen LogP contribution in [0.2, 0.25) is 0 Å². The minimum atomic E-state index is 0.0695. The summed E-state index contributed by atoms with van der Waals surface area (Å²) in [6.45, 7) is 1.99. The maximum atomic E-state index is 11.3. The van der Waals surface area contributed by atoms with Gasteiger partial charge in [-0.3, -0.25) is 9.78 Å². The van der Waals surface area contributed by atoms with Gasteiger partial charge in [-0.05, 0) is 36.2 Å². The van der Waals surface area contributed by atoms with Crippen molar-refractivity contribution in [3.63, 3.8) is 0 Å². The number of aryl methyl sites for hydroxylation is 1. The molecule has 2 heterocycles. The molecule has 0 fully saturated rings. The van der Waals surface area contributed by atoms with Crippen LogP contribution in [0.1, 0.15) is 11.3 Å². The van der Waals surface area contributed by atoms with Gasteiger partial charge in [0, 0.05) is 23.1 Å². The van der Waals surface area contributed by atoms with Gasteiger partial charge in [-0.25, -0.2) is 0 Å². The molecule has 3 heteroatoms. The van der Waals surface area contributed by atoms with Crippen molar-refractivity contribution in [3.05, 3.63) is 47.8 Å². The number of carbonyl (C=O) groups excluding carboxylic acids is 1. The number of pyridine rings is 1. The molecule has 0 saturated carbocycles. The highest BCUT2D eigenvalue weighted by Crippen LogP contribution is 2.29. The number of anilines is 1. The van der Waals surface area contributed by atoms with Gasteiger partial charge in [-0.15, -0.1) is 0 Å². The van der Waals surface area contributed by atoms with Crippen molar-refractivity contribution in [1.82, 2.24) is 4.98 Å². The third kappa shape index (κ3) is 1.69. The average molecular weight is 224 g/mol. The number of aromatic nitrogens is 1. The van der Waals surface area contributed by atoms with Gasteiger partial charge in [0.2, 0.25) is 5.91 Å². The fourth-order valence-electron chi connectivity index (χ4n) is 2.19. The summed E-state index contributed by atoms with van der Waals surface area (Å²) in [7, 11) is 0. The van der Waals surface area contributed by atoms with Crippen LogP contribution in [-0.4, -0.2) is 10.9 Å².